The Morgan fingerprint density at radius 3 is 2.67 bits per heavy atom. The molecule has 0 spiro atoms. The van der Waals surface area contributed by atoms with Crippen LogP contribution in [-0.2, 0) is 4.74 Å². The molecule has 1 atom stereocenters. The second kappa shape index (κ2) is 8.57. The van der Waals surface area contributed by atoms with Gasteiger partial charge in [0.1, 0.15) is 11.5 Å². The Morgan fingerprint density at radius 2 is 2.00 bits per heavy atom. The zero-order valence-corrected chi connectivity index (χ0v) is 18.0. The SMILES string of the molecule is Cc1ccc(C(CNC(=O)c2cc3cnn(C(C)C)c3nc2C)N2CCOCC2)o1. The number of carbonyl (C=O) groups is 1. The van der Waals surface area contributed by atoms with Crippen LogP contribution in [0.1, 0.15) is 53.5 Å². The third-order valence-corrected chi connectivity index (χ3v) is 5.53. The lowest BCUT2D eigenvalue weighted by molar-refractivity contribution is 0.0117. The Bertz CT molecular complexity index is 1030. The minimum Gasteiger partial charge on any atom is -0.465 e. The van der Waals surface area contributed by atoms with Crippen LogP contribution in [0.25, 0.3) is 11.0 Å². The van der Waals surface area contributed by atoms with Gasteiger partial charge in [0.2, 0.25) is 0 Å². The van der Waals surface area contributed by atoms with E-state index in [1.807, 2.05) is 36.7 Å². The number of nitrogens with one attached hydrogen (secondary N) is 1. The molecule has 1 amide bonds. The molecule has 0 bridgehead atoms. The fourth-order valence-corrected chi connectivity index (χ4v) is 3.89. The van der Waals surface area contributed by atoms with Crippen molar-refractivity contribution in [3.63, 3.8) is 0 Å². The molecular weight excluding hydrogens is 382 g/mol. The van der Waals surface area contributed by atoms with Crippen LogP contribution in [0, 0.1) is 13.8 Å². The lowest BCUT2D eigenvalue weighted by atomic mass is 10.1. The molecule has 1 saturated heterocycles. The topological polar surface area (TPSA) is 85.4 Å². The second-order valence-electron chi connectivity index (χ2n) is 8.04. The number of hydrogen-bond acceptors (Lipinski definition) is 6. The summed E-state index contributed by atoms with van der Waals surface area (Å²) in [6.07, 6.45) is 1.76. The number of aryl methyl sites for hydroxylation is 2. The Balaban J connectivity index is 1.53. The Hall–Kier alpha value is -2.71. The molecule has 0 saturated carbocycles. The fraction of sp³-hybridized carbons (Fsp3) is 0.500. The number of aromatic nitrogens is 3. The van der Waals surface area contributed by atoms with Crippen molar-refractivity contribution in [1.29, 1.82) is 0 Å². The third-order valence-electron chi connectivity index (χ3n) is 5.53. The van der Waals surface area contributed by atoms with Crippen LogP contribution in [0.5, 0.6) is 0 Å². The number of amides is 1. The van der Waals surface area contributed by atoms with E-state index in [1.165, 1.54) is 0 Å². The summed E-state index contributed by atoms with van der Waals surface area (Å²) in [6, 6.07) is 5.99. The maximum Gasteiger partial charge on any atom is 0.253 e. The van der Waals surface area contributed by atoms with Gasteiger partial charge in [-0.1, -0.05) is 0 Å². The average molecular weight is 412 g/mol. The van der Waals surface area contributed by atoms with Gasteiger partial charge in [-0.3, -0.25) is 9.69 Å². The van der Waals surface area contributed by atoms with Crippen LogP contribution in [0.4, 0.5) is 0 Å². The smallest absolute Gasteiger partial charge is 0.253 e. The van der Waals surface area contributed by atoms with E-state index in [0.29, 0.717) is 31.0 Å². The van der Waals surface area contributed by atoms with Crippen molar-refractivity contribution >= 4 is 16.9 Å². The summed E-state index contributed by atoms with van der Waals surface area (Å²) in [7, 11) is 0. The van der Waals surface area contributed by atoms with Gasteiger partial charge in [-0.2, -0.15) is 5.10 Å². The highest BCUT2D eigenvalue weighted by atomic mass is 16.5. The average Bonchev–Trinajstić information content (AvgIpc) is 3.34. The highest BCUT2D eigenvalue weighted by Crippen LogP contribution is 2.24. The van der Waals surface area contributed by atoms with Crippen molar-refractivity contribution < 1.29 is 13.9 Å². The second-order valence-corrected chi connectivity index (χ2v) is 8.04. The van der Waals surface area contributed by atoms with E-state index in [-0.39, 0.29) is 18.0 Å². The standard InChI is InChI=1S/C22H29N5O3/c1-14(2)27-21-17(12-24-27)11-18(16(4)25-21)22(28)23-13-19(20-6-5-15(3)30-20)26-7-9-29-10-8-26/h5-6,11-12,14,19H,7-10,13H2,1-4H3,(H,23,28). The van der Waals surface area contributed by atoms with Crippen molar-refractivity contribution in [3.05, 3.63) is 47.2 Å². The van der Waals surface area contributed by atoms with Crippen LogP contribution in [-0.4, -0.2) is 58.4 Å². The van der Waals surface area contributed by atoms with E-state index < -0.39 is 0 Å². The number of morpholine rings is 1. The van der Waals surface area contributed by atoms with E-state index in [9.17, 15) is 4.79 Å². The van der Waals surface area contributed by atoms with Crippen molar-refractivity contribution in [1.82, 2.24) is 25.0 Å². The van der Waals surface area contributed by atoms with E-state index >= 15 is 0 Å². The van der Waals surface area contributed by atoms with Gasteiger partial charge in [0.05, 0.1) is 36.7 Å². The molecule has 4 rings (SSSR count). The molecular formula is C22H29N5O3. The summed E-state index contributed by atoms with van der Waals surface area (Å²) in [5, 5.41) is 8.36. The molecule has 1 aliphatic rings. The fourth-order valence-electron chi connectivity index (χ4n) is 3.89. The lowest BCUT2D eigenvalue weighted by Crippen LogP contribution is -2.43. The summed E-state index contributed by atoms with van der Waals surface area (Å²) >= 11 is 0. The van der Waals surface area contributed by atoms with Crippen LogP contribution >= 0.6 is 0 Å². The number of hydrogen-bond donors (Lipinski definition) is 1. The Labute approximate surface area is 176 Å². The molecule has 0 aromatic carbocycles. The van der Waals surface area contributed by atoms with Crippen LogP contribution in [0.15, 0.2) is 28.8 Å². The van der Waals surface area contributed by atoms with Gasteiger partial charge >= 0.3 is 0 Å². The minimum atomic E-state index is -0.138. The molecule has 160 valence electrons. The van der Waals surface area contributed by atoms with Gasteiger partial charge < -0.3 is 14.5 Å². The first-order valence-corrected chi connectivity index (χ1v) is 10.4. The molecule has 1 N–H and O–H groups in total. The maximum absolute atomic E-state index is 13.0. The van der Waals surface area contributed by atoms with Crippen molar-refractivity contribution in [2.75, 3.05) is 32.8 Å². The van der Waals surface area contributed by atoms with Crippen LogP contribution in [0.3, 0.4) is 0 Å². The van der Waals surface area contributed by atoms with Gasteiger partial charge in [0.25, 0.3) is 5.91 Å². The van der Waals surface area contributed by atoms with Gasteiger partial charge in [-0.25, -0.2) is 9.67 Å². The number of fused-ring (bicyclic) bond motifs is 1. The Morgan fingerprint density at radius 1 is 1.23 bits per heavy atom. The van der Waals surface area contributed by atoms with E-state index in [2.05, 4.69) is 34.1 Å². The molecule has 3 aromatic heterocycles. The lowest BCUT2D eigenvalue weighted by Gasteiger charge is -2.33. The van der Waals surface area contributed by atoms with Gasteiger partial charge in [-0.05, 0) is 45.9 Å². The van der Waals surface area contributed by atoms with E-state index in [0.717, 1.165) is 35.6 Å². The highest BCUT2D eigenvalue weighted by Gasteiger charge is 2.26. The quantitative estimate of drug-likeness (QED) is 0.671. The molecule has 4 heterocycles. The van der Waals surface area contributed by atoms with Gasteiger partial charge in [0.15, 0.2) is 5.65 Å². The van der Waals surface area contributed by atoms with Crippen molar-refractivity contribution in [3.8, 4) is 0 Å². The zero-order valence-electron chi connectivity index (χ0n) is 18.0. The molecule has 1 fully saturated rings. The minimum absolute atomic E-state index is 0.0350. The van der Waals surface area contributed by atoms with Crippen LogP contribution in [0.2, 0.25) is 0 Å². The molecule has 0 aliphatic carbocycles. The largest absolute Gasteiger partial charge is 0.465 e. The zero-order chi connectivity index (χ0) is 21.3. The first kappa shape index (κ1) is 20.6. The highest BCUT2D eigenvalue weighted by molar-refractivity contribution is 5.98. The summed E-state index contributed by atoms with van der Waals surface area (Å²) in [4.78, 5) is 20.0. The normalized spacial score (nSPS) is 16.3. The molecule has 0 radical (unpaired) electrons. The molecule has 30 heavy (non-hydrogen) atoms. The number of ether oxygens (including phenoxy) is 1. The predicted octanol–water partition coefficient (Wildman–Crippen LogP) is 3.03. The molecule has 1 aliphatic heterocycles. The molecule has 8 heteroatoms. The number of pyridine rings is 1. The number of nitrogens with zero attached hydrogens (tertiary/aromatic N) is 4. The molecule has 1 unspecified atom stereocenters. The van der Waals surface area contributed by atoms with Crippen molar-refractivity contribution in [2.45, 2.75) is 39.8 Å². The number of furan rings is 1. The maximum atomic E-state index is 13.0. The van der Waals surface area contributed by atoms with Crippen molar-refractivity contribution in [2.24, 2.45) is 0 Å². The third kappa shape index (κ3) is 4.11. The number of carbonyl (C=O) groups excluding carboxylic acids is 1. The number of rotatable bonds is 6. The first-order valence-electron chi connectivity index (χ1n) is 10.4. The van der Waals surface area contributed by atoms with E-state index in [4.69, 9.17) is 9.15 Å². The molecule has 8 nitrogen and oxygen atoms in total. The predicted molar refractivity (Wildman–Crippen MR) is 114 cm³/mol. The Kier molecular flexibility index (Phi) is 5.87. The van der Waals surface area contributed by atoms with Crippen LogP contribution < -0.4 is 5.32 Å². The molecule has 3 aromatic rings. The van der Waals surface area contributed by atoms with E-state index in [1.54, 1.807) is 6.20 Å². The summed E-state index contributed by atoms with van der Waals surface area (Å²) in [5.74, 6) is 1.58. The summed E-state index contributed by atoms with van der Waals surface area (Å²) in [6.45, 7) is 11.4. The monoisotopic (exact) mass is 411 g/mol. The van der Waals surface area contributed by atoms with Gasteiger partial charge in [-0.15, -0.1) is 0 Å². The first-order chi connectivity index (χ1) is 14.4. The summed E-state index contributed by atoms with van der Waals surface area (Å²) < 4.78 is 13.2. The summed E-state index contributed by atoms with van der Waals surface area (Å²) in [5.41, 5.74) is 2.07. The van der Waals surface area contributed by atoms with Gasteiger partial charge in [0, 0.05) is 31.1 Å².